The van der Waals surface area contributed by atoms with Crippen molar-refractivity contribution in [1.29, 1.82) is 0 Å². The standard InChI is InChI=1S/C12H21NO3/c1-12(2,11(15)16)10(14)13-8-7-9-5-3-4-6-9/h9H,3-8H2,1-2H3,(H,13,14)(H,15,16). The molecule has 1 amide bonds. The molecule has 0 bridgehead atoms. The van der Waals surface area contributed by atoms with E-state index in [0.29, 0.717) is 12.5 Å². The van der Waals surface area contributed by atoms with Gasteiger partial charge in [-0.3, -0.25) is 9.59 Å². The second-order valence-electron chi connectivity index (χ2n) is 5.13. The third-order valence-corrected chi connectivity index (χ3v) is 3.42. The highest BCUT2D eigenvalue weighted by Gasteiger charge is 2.35. The van der Waals surface area contributed by atoms with Gasteiger partial charge in [0.15, 0.2) is 0 Å². The number of carboxylic acid groups (broad SMARTS) is 1. The van der Waals surface area contributed by atoms with E-state index >= 15 is 0 Å². The van der Waals surface area contributed by atoms with Gasteiger partial charge in [-0.2, -0.15) is 0 Å². The Balaban J connectivity index is 2.26. The summed E-state index contributed by atoms with van der Waals surface area (Å²) in [5, 5.41) is 11.6. The molecule has 0 aromatic rings. The summed E-state index contributed by atoms with van der Waals surface area (Å²) in [6.45, 7) is 3.46. The van der Waals surface area contributed by atoms with Gasteiger partial charge in [0, 0.05) is 6.54 Å². The topological polar surface area (TPSA) is 66.4 Å². The van der Waals surface area contributed by atoms with Crippen molar-refractivity contribution in [3.05, 3.63) is 0 Å². The van der Waals surface area contributed by atoms with E-state index in [9.17, 15) is 9.59 Å². The highest BCUT2D eigenvalue weighted by molar-refractivity contribution is 6.00. The van der Waals surface area contributed by atoms with Crippen LogP contribution in [0.3, 0.4) is 0 Å². The van der Waals surface area contributed by atoms with Crippen LogP contribution < -0.4 is 5.32 Å². The molecule has 4 heteroatoms. The first-order chi connectivity index (χ1) is 7.44. The highest BCUT2D eigenvalue weighted by atomic mass is 16.4. The molecule has 0 atom stereocenters. The van der Waals surface area contributed by atoms with Crippen molar-refractivity contribution in [2.45, 2.75) is 46.0 Å². The number of carboxylic acids is 1. The Morgan fingerprint density at radius 3 is 2.38 bits per heavy atom. The summed E-state index contributed by atoms with van der Waals surface area (Å²) in [5.74, 6) is -0.753. The molecule has 0 aromatic heterocycles. The quantitative estimate of drug-likeness (QED) is 0.704. The molecule has 4 nitrogen and oxygen atoms in total. The minimum atomic E-state index is -1.32. The predicted molar refractivity (Wildman–Crippen MR) is 61.0 cm³/mol. The van der Waals surface area contributed by atoms with Gasteiger partial charge < -0.3 is 10.4 Å². The third-order valence-electron chi connectivity index (χ3n) is 3.42. The fraction of sp³-hybridized carbons (Fsp3) is 0.833. The third kappa shape index (κ3) is 3.22. The maximum absolute atomic E-state index is 11.6. The summed E-state index contributed by atoms with van der Waals surface area (Å²) in [6.07, 6.45) is 6.05. The fourth-order valence-electron chi connectivity index (χ4n) is 2.01. The molecule has 1 saturated carbocycles. The molecule has 0 unspecified atom stereocenters. The lowest BCUT2D eigenvalue weighted by Gasteiger charge is -2.19. The first-order valence-electron chi connectivity index (χ1n) is 5.96. The van der Waals surface area contributed by atoms with Crippen molar-refractivity contribution in [2.24, 2.45) is 11.3 Å². The van der Waals surface area contributed by atoms with Crippen molar-refractivity contribution in [3.63, 3.8) is 0 Å². The Morgan fingerprint density at radius 2 is 1.88 bits per heavy atom. The molecule has 1 aliphatic rings. The molecule has 0 spiro atoms. The van der Waals surface area contributed by atoms with Crippen LogP contribution in [0.5, 0.6) is 0 Å². The van der Waals surface area contributed by atoms with Gasteiger partial charge in [-0.25, -0.2) is 0 Å². The molecule has 0 aliphatic heterocycles. The van der Waals surface area contributed by atoms with Crippen molar-refractivity contribution in [1.82, 2.24) is 5.32 Å². The summed E-state index contributed by atoms with van der Waals surface area (Å²) in [6, 6.07) is 0. The SMILES string of the molecule is CC(C)(C(=O)O)C(=O)NCCC1CCCC1. The summed E-state index contributed by atoms with van der Waals surface area (Å²) in [7, 11) is 0. The number of amides is 1. The second-order valence-corrected chi connectivity index (χ2v) is 5.13. The van der Waals surface area contributed by atoms with Crippen LogP contribution in [0.25, 0.3) is 0 Å². The Morgan fingerprint density at radius 1 is 1.31 bits per heavy atom. The van der Waals surface area contributed by atoms with E-state index in [-0.39, 0.29) is 0 Å². The van der Waals surface area contributed by atoms with E-state index in [1.807, 2.05) is 0 Å². The molecule has 1 aliphatic carbocycles. The molecule has 1 rings (SSSR count). The van der Waals surface area contributed by atoms with Crippen LogP contribution in [0.2, 0.25) is 0 Å². The van der Waals surface area contributed by atoms with Gasteiger partial charge in [0.1, 0.15) is 5.41 Å². The molecule has 0 heterocycles. The zero-order chi connectivity index (χ0) is 12.2. The van der Waals surface area contributed by atoms with E-state index in [1.54, 1.807) is 0 Å². The van der Waals surface area contributed by atoms with Crippen LogP contribution in [-0.4, -0.2) is 23.5 Å². The Kier molecular flexibility index (Phi) is 4.33. The van der Waals surface area contributed by atoms with Crippen LogP contribution in [-0.2, 0) is 9.59 Å². The highest BCUT2D eigenvalue weighted by Crippen LogP contribution is 2.27. The Bertz CT molecular complexity index is 267. The number of hydrogen-bond donors (Lipinski definition) is 2. The number of carbonyl (C=O) groups excluding carboxylic acids is 1. The van der Waals surface area contributed by atoms with E-state index in [4.69, 9.17) is 5.11 Å². The maximum Gasteiger partial charge on any atom is 0.318 e. The largest absolute Gasteiger partial charge is 0.480 e. The van der Waals surface area contributed by atoms with Crippen LogP contribution in [0.4, 0.5) is 0 Å². The molecular formula is C12H21NO3. The molecule has 16 heavy (non-hydrogen) atoms. The van der Waals surface area contributed by atoms with Crippen LogP contribution in [0, 0.1) is 11.3 Å². The summed E-state index contributed by atoms with van der Waals surface area (Å²) < 4.78 is 0. The monoisotopic (exact) mass is 227 g/mol. The normalized spacial score (nSPS) is 17.4. The summed E-state index contributed by atoms with van der Waals surface area (Å²) in [4.78, 5) is 22.4. The van der Waals surface area contributed by atoms with Crippen LogP contribution in [0.15, 0.2) is 0 Å². The van der Waals surface area contributed by atoms with Crippen molar-refractivity contribution in [3.8, 4) is 0 Å². The fourth-order valence-corrected chi connectivity index (χ4v) is 2.01. The Hall–Kier alpha value is -1.06. The number of carbonyl (C=O) groups is 2. The average molecular weight is 227 g/mol. The second kappa shape index (κ2) is 5.32. The molecular weight excluding hydrogens is 206 g/mol. The van der Waals surface area contributed by atoms with E-state index in [2.05, 4.69) is 5.32 Å². The number of aliphatic carboxylic acids is 1. The lowest BCUT2D eigenvalue weighted by molar-refractivity contribution is -0.153. The van der Waals surface area contributed by atoms with Crippen molar-refractivity contribution >= 4 is 11.9 Å². The maximum atomic E-state index is 11.6. The molecule has 0 radical (unpaired) electrons. The van der Waals surface area contributed by atoms with Gasteiger partial charge in [0.25, 0.3) is 0 Å². The first kappa shape index (κ1) is 13.0. The van der Waals surface area contributed by atoms with Gasteiger partial charge in [-0.05, 0) is 26.2 Å². The number of nitrogens with one attached hydrogen (secondary N) is 1. The lowest BCUT2D eigenvalue weighted by atomic mass is 9.92. The molecule has 0 aromatic carbocycles. The van der Waals surface area contributed by atoms with Gasteiger partial charge in [-0.15, -0.1) is 0 Å². The van der Waals surface area contributed by atoms with Gasteiger partial charge in [0.05, 0.1) is 0 Å². The van der Waals surface area contributed by atoms with Crippen LogP contribution >= 0.6 is 0 Å². The van der Waals surface area contributed by atoms with E-state index in [0.717, 1.165) is 6.42 Å². The minimum Gasteiger partial charge on any atom is -0.480 e. The summed E-state index contributed by atoms with van der Waals surface area (Å²) in [5.41, 5.74) is -1.32. The molecule has 1 fully saturated rings. The zero-order valence-corrected chi connectivity index (χ0v) is 10.1. The number of rotatable bonds is 5. The average Bonchev–Trinajstić information content (AvgIpc) is 2.70. The minimum absolute atomic E-state index is 0.391. The predicted octanol–water partition coefficient (Wildman–Crippen LogP) is 1.79. The van der Waals surface area contributed by atoms with E-state index in [1.165, 1.54) is 39.5 Å². The lowest BCUT2D eigenvalue weighted by Crippen LogP contribution is -2.42. The summed E-state index contributed by atoms with van der Waals surface area (Å²) >= 11 is 0. The number of hydrogen-bond acceptors (Lipinski definition) is 2. The Labute approximate surface area is 96.4 Å². The molecule has 2 N–H and O–H groups in total. The van der Waals surface area contributed by atoms with Gasteiger partial charge in [0.2, 0.25) is 5.91 Å². The van der Waals surface area contributed by atoms with E-state index < -0.39 is 17.3 Å². The van der Waals surface area contributed by atoms with Crippen molar-refractivity contribution < 1.29 is 14.7 Å². The first-order valence-corrected chi connectivity index (χ1v) is 5.96. The van der Waals surface area contributed by atoms with Gasteiger partial charge in [-0.1, -0.05) is 25.7 Å². The van der Waals surface area contributed by atoms with Crippen LogP contribution in [0.1, 0.15) is 46.0 Å². The van der Waals surface area contributed by atoms with Gasteiger partial charge >= 0.3 is 5.97 Å². The van der Waals surface area contributed by atoms with Crippen molar-refractivity contribution in [2.75, 3.05) is 6.54 Å². The zero-order valence-electron chi connectivity index (χ0n) is 10.1. The molecule has 0 saturated heterocycles. The molecule has 92 valence electrons. The smallest absolute Gasteiger partial charge is 0.318 e.